The van der Waals surface area contributed by atoms with Crippen molar-refractivity contribution in [2.24, 2.45) is 5.92 Å². The summed E-state index contributed by atoms with van der Waals surface area (Å²) in [7, 11) is 0. The molecule has 0 bridgehead atoms. The van der Waals surface area contributed by atoms with E-state index in [1.165, 1.54) is 12.5 Å². The number of ether oxygens (including phenoxy) is 1. The standard InChI is InChI=1S/C22H23N7O3/c1-13-10-25-16-3-2-15(12-29(13)16)17-18(22-24-6-9-32-22)28-20(23)19(27-17)21(30)26-11-14-4-7-31-8-5-14/h2-3,6,9-10,12,14H,4-5,7-8,11H2,1H3,(H2,23,28)(H,26,30). The highest BCUT2D eigenvalue weighted by Gasteiger charge is 2.23. The molecule has 1 saturated heterocycles. The van der Waals surface area contributed by atoms with Crippen LogP contribution in [0.25, 0.3) is 28.5 Å². The first-order chi connectivity index (χ1) is 15.6. The second-order valence-corrected chi connectivity index (χ2v) is 7.80. The molecule has 0 radical (unpaired) electrons. The Balaban J connectivity index is 1.54. The van der Waals surface area contributed by atoms with E-state index in [1.807, 2.05) is 29.7 Å². The quantitative estimate of drug-likeness (QED) is 0.490. The third-order valence-corrected chi connectivity index (χ3v) is 5.63. The number of aromatic nitrogens is 5. The van der Waals surface area contributed by atoms with Crippen molar-refractivity contribution in [2.45, 2.75) is 19.8 Å². The van der Waals surface area contributed by atoms with Gasteiger partial charge in [-0.05, 0) is 37.8 Å². The number of oxazole rings is 1. The lowest BCUT2D eigenvalue weighted by atomic mass is 10.0. The van der Waals surface area contributed by atoms with Crippen LogP contribution in [-0.2, 0) is 4.74 Å². The maximum Gasteiger partial charge on any atom is 0.273 e. The number of imidazole rings is 1. The molecule has 0 unspecified atom stereocenters. The molecule has 1 aliphatic rings. The molecule has 0 saturated carbocycles. The number of nitrogens with zero attached hydrogens (tertiary/aromatic N) is 5. The van der Waals surface area contributed by atoms with Crippen LogP contribution in [0, 0.1) is 12.8 Å². The molecule has 1 amide bonds. The summed E-state index contributed by atoms with van der Waals surface area (Å²) >= 11 is 0. The number of anilines is 1. The van der Waals surface area contributed by atoms with Gasteiger partial charge in [-0.2, -0.15) is 0 Å². The SMILES string of the molecule is Cc1cnc2ccc(-c3nc(C(=O)NCC4CCOCC4)c(N)nc3-c3ncco3)cn12. The molecule has 5 heterocycles. The summed E-state index contributed by atoms with van der Waals surface area (Å²) in [6.45, 7) is 3.93. The van der Waals surface area contributed by atoms with Gasteiger partial charge >= 0.3 is 0 Å². The smallest absolute Gasteiger partial charge is 0.273 e. The van der Waals surface area contributed by atoms with Gasteiger partial charge in [-0.25, -0.2) is 19.9 Å². The number of amides is 1. The number of pyridine rings is 1. The van der Waals surface area contributed by atoms with Crippen LogP contribution >= 0.6 is 0 Å². The van der Waals surface area contributed by atoms with E-state index >= 15 is 0 Å². The molecule has 1 fully saturated rings. The fourth-order valence-corrected chi connectivity index (χ4v) is 3.82. The highest BCUT2D eigenvalue weighted by molar-refractivity contribution is 5.97. The van der Waals surface area contributed by atoms with Crippen LogP contribution in [0.3, 0.4) is 0 Å². The highest BCUT2D eigenvalue weighted by Crippen LogP contribution is 2.30. The number of aryl methyl sites for hydroxylation is 1. The van der Waals surface area contributed by atoms with E-state index in [0.29, 0.717) is 37.1 Å². The molecule has 4 aromatic rings. The minimum atomic E-state index is -0.360. The van der Waals surface area contributed by atoms with Gasteiger partial charge in [0.15, 0.2) is 17.2 Å². The number of carbonyl (C=O) groups excluding carboxylic acids is 1. The van der Waals surface area contributed by atoms with Crippen LogP contribution in [-0.4, -0.2) is 50.0 Å². The van der Waals surface area contributed by atoms with Crippen molar-refractivity contribution in [1.82, 2.24) is 29.7 Å². The fourth-order valence-electron chi connectivity index (χ4n) is 3.82. The first-order valence-electron chi connectivity index (χ1n) is 10.5. The fraction of sp³-hybridized carbons (Fsp3) is 0.318. The number of fused-ring (bicyclic) bond motifs is 1. The maximum absolute atomic E-state index is 12.9. The second-order valence-electron chi connectivity index (χ2n) is 7.80. The Morgan fingerprint density at radius 2 is 2.06 bits per heavy atom. The van der Waals surface area contributed by atoms with Gasteiger partial charge < -0.3 is 24.6 Å². The number of hydrogen-bond acceptors (Lipinski definition) is 8. The minimum absolute atomic E-state index is 0.0197. The predicted octanol–water partition coefficient (Wildman–Crippen LogP) is 2.49. The van der Waals surface area contributed by atoms with E-state index < -0.39 is 0 Å². The molecule has 0 aliphatic carbocycles. The van der Waals surface area contributed by atoms with Gasteiger partial charge in [0.25, 0.3) is 5.91 Å². The lowest BCUT2D eigenvalue weighted by molar-refractivity contribution is 0.0642. The van der Waals surface area contributed by atoms with Crippen LogP contribution < -0.4 is 11.1 Å². The zero-order valence-electron chi connectivity index (χ0n) is 17.6. The molecular weight excluding hydrogens is 410 g/mol. The molecule has 0 spiro atoms. The third-order valence-electron chi connectivity index (χ3n) is 5.63. The lowest BCUT2D eigenvalue weighted by Gasteiger charge is -2.22. The Kier molecular flexibility index (Phi) is 5.28. The van der Waals surface area contributed by atoms with Crippen molar-refractivity contribution < 1.29 is 13.9 Å². The predicted molar refractivity (Wildman–Crippen MR) is 117 cm³/mol. The van der Waals surface area contributed by atoms with Crippen molar-refractivity contribution in [3.8, 4) is 22.8 Å². The Morgan fingerprint density at radius 1 is 1.22 bits per heavy atom. The molecule has 3 N–H and O–H groups in total. The molecule has 0 aromatic carbocycles. The zero-order chi connectivity index (χ0) is 22.1. The van der Waals surface area contributed by atoms with Gasteiger partial charge in [0.1, 0.15) is 17.6 Å². The largest absolute Gasteiger partial charge is 0.443 e. The summed E-state index contributed by atoms with van der Waals surface area (Å²) in [5, 5.41) is 2.95. The number of nitrogens with two attached hydrogens (primary N) is 1. The third kappa shape index (κ3) is 3.80. The number of nitrogen functional groups attached to an aromatic ring is 1. The Morgan fingerprint density at radius 3 is 2.84 bits per heavy atom. The van der Waals surface area contributed by atoms with E-state index in [4.69, 9.17) is 14.9 Å². The van der Waals surface area contributed by atoms with Crippen molar-refractivity contribution >= 4 is 17.4 Å². The topological polar surface area (TPSA) is 133 Å². The van der Waals surface area contributed by atoms with Gasteiger partial charge in [0.2, 0.25) is 5.89 Å². The average Bonchev–Trinajstić information content (AvgIpc) is 3.48. The molecule has 32 heavy (non-hydrogen) atoms. The number of nitrogens with one attached hydrogen (secondary N) is 1. The molecule has 164 valence electrons. The van der Waals surface area contributed by atoms with E-state index in [0.717, 1.165) is 29.7 Å². The summed E-state index contributed by atoms with van der Waals surface area (Å²) in [5.41, 5.74) is 9.55. The van der Waals surface area contributed by atoms with Gasteiger partial charge in [0, 0.05) is 43.4 Å². The first kappa shape index (κ1) is 20.1. The summed E-state index contributed by atoms with van der Waals surface area (Å²) in [5.74, 6) is 0.309. The van der Waals surface area contributed by atoms with Gasteiger partial charge in [-0.3, -0.25) is 4.79 Å². The Hall–Kier alpha value is -3.79. The summed E-state index contributed by atoms with van der Waals surface area (Å²) in [6, 6.07) is 3.75. The van der Waals surface area contributed by atoms with Crippen LogP contribution in [0.1, 0.15) is 29.0 Å². The molecule has 10 nitrogen and oxygen atoms in total. The zero-order valence-corrected chi connectivity index (χ0v) is 17.6. The normalized spacial score (nSPS) is 14.7. The first-order valence-corrected chi connectivity index (χ1v) is 10.5. The Bertz CT molecular complexity index is 1260. The lowest BCUT2D eigenvalue weighted by Crippen LogP contribution is -2.33. The second kappa shape index (κ2) is 8.39. The monoisotopic (exact) mass is 433 g/mol. The van der Waals surface area contributed by atoms with Crippen molar-refractivity contribution in [3.63, 3.8) is 0 Å². The van der Waals surface area contributed by atoms with Crippen molar-refractivity contribution in [3.05, 3.63) is 48.4 Å². The van der Waals surface area contributed by atoms with Crippen LogP contribution in [0.4, 0.5) is 5.82 Å². The van der Waals surface area contributed by atoms with Gasteiger partial charge in [0.05, 0.1) is 6.20 Å². The summed E-state index contributed by atoms with van der Waals surface area (Å²) in [4.78, 5) is 30.6. The van der Waals surface area contributed by atoms with E-state index in [-0.39, 0.29) is 23.3 Å². The van der Waals surface area contributed by atoms with E-state index in [9.17, 15) is 4.79 Å². The van der Waals surface area contributed by atoms with Crippen LogP contribution in [0.2, 0.25) is 0 Å². The molecule has 1 aliphatic heterocycles. The summed E-state index contributed by atoms with van der Waals surface area (Å²) in [6.07, 6.45) is 8.50. The molecule has 10 heteroatoms. The Labute approximate surface area is 183 Å². The molecular formula is C22H23N7O3. The number of hydrogen-bond donors (Lipinski definition) is 2. The number of rotatable bonds is 5. The molecule has 4 aromatic heterocycles. The minimum Gasteiger partial charge on any atom is -0.443 e. The molecule has 0 atom stereocenters. The maximum atomic E-state index is 12.9. The highest BCUT2D eigenvalue weighted by atomic mass is 16.5. The van der Waals surface area contributed by atoms with Crippen LogP contribution in [0.5, 0.6) is 0 Å². The van der Waals surface area contributed by atoms with Gasteiger partial charge in [-0.1, -0.05) is 0 Å². The van der Waals surface area contributed by atoms with Crippen LogP contribution in [0.15, 0.2) is 41.4 Å². The molecule has 5 rings (SSSR count). The summed E-state index contributed by atoms with van der Waals surface area (Å²) < 4.78 is 12.8. The van der Waals surface area contributed by atoms with E-state index in [1.54, 1.807) is 6.20 Å². The number of carbonyl (C=O) groups is 1. The average molecular weight is 433 g/mol. The van der Waals surface area contributed by atoms with E-state index in [2.05, 4.69) is 25.3 Å². The van der Waals surface area contributed by atoms with Crippen molar-refractivity contribution in [2.75, 3.05) is 25.5 Å². The van der Waals surface area contributed by atoms with Crippen molar-refractivity contribution in [1.29, 1.82) is 0 Å². The van der Waals surface area contributed by atoms with Gasteiger partial charge in [-0.15, -0.1) is 0 Å².